The zero-order valence-corrected chi connectivity index (χ0v) is 11.6. The second-order valence-electron chi connectivity index (χ2n) is 5.47. The molecule has 1 heteroatoms. The van der Waals surface area contributed by atoms with E-state index >= 15 is 0 Å². The molecular formula is C14H18Se. The molecule has 2 aromatic rings. The van der Waals surface area contributed by atoms with Gasteiger partial charge in [0.25, 0.3) is 0 Å². The van der Waals surface area contributed by atoms with E-state index < -0.39 is 0 Å². The number of benzene rings is 1. The van der Waals surface area contributed by atoms with Crippen molar-refractivity contribution in [3.05, 3.63) is 34.3 Å². The maximum absolute atomic E-state index is 2.41. The van der Waals surface area contributed by atoms with Crippen molar-refractivity contribution in [3.63, 3.8) is 0 Å². The Morgan fingerprint density at radius 1 is 1.13 bits per heavy atom. The van der Waals surface area contributed by atoms with Gasteiger partial charge in [0, 0.05) is 0 Å². The SMILES string of the molecule is Cc1cc2ccc(CC(C)(C)C)cc2[se]1. The van der Waals surface area contributed by atoms with Crippen molar-refractivity contribution in [2.45, 2.75) is 34.1 Å². The van der Waals surface area contributed by atoms with E-state index in [0.717, 1.165) is 0 Å². The van der Waals surface area contributed by atoms with Crippen LogP contribution in [0.3, 0.4) is 0 Å². The van der Waals surface area contributed by atoms with Gasteiger partial charge in [0.2, 0.25) is 0 Å². The fourth-order valence-corrected chi connectivity index (χ4v) is 4.00. The van der Waals surface area contributed by atoms with Crippen molar-refractivity contribution in [2.75, 3.05) is 0 Å². The van der Waals surface area contributed by atoms with Crippen LogP contribution in [0.2, 0.25) is 0 Å². The van der Waals surface area contributed by atoms with Gasteiger partial charge >= 0.3 is 97.9 Å². The molecule has 1 aromatic carbocycles. The van der Waals surface area contributed by atoms with Crippen LogP contribution in [0.1, 0.15) is 30.8 Å². The molecule has 0 amide bonds. The van der Waals surface area contributed by atoms with Crippen molar-refractivity contribution in [3.8, 4) is 0 Å². The average Bonchev–Trinajstić information content (AvgIpc) is 2.40. The van der Waals surface area contributed by atoms with Crippen LogP contribution in [-0.4, -0.2) is 14.5 Å². The summed E-state index contributed by atoms with van der Waals surface area (Å²) in [4.78, 5) is 0. The molecule has 15 heavy (non-hydrogen) atoms. The maximum atomic E-state index is 2.41. The predicted octanol–water partition coefficient (Wildman–Crippen LogP) is 3.79. The van der Waals surface area contributed by atoms with Gasteiger partial charge in [-0.15, -0.1) is 0 Å². The van der Waals surface area contributed by atoms with Gasteiger partial charge in [-0.25, -0.2) is 0 Å². The van der Waals surface area contributed by atoms with Crippen molar-refractivity contribution in [2.24, 2.45) is 5.41 Å². The summed E-state index contributed by atoms with van der Waals surface area (Å²) in [5, 5.41) is 1.45. The van der Waals surface area contributed by atoms with Crippen LogP contribution in [-0.2, 0) is 6.42 Å². The number of rotatable bonds is 1. The molecule has 80 valence electrons. The Hall–Kier alpha value is -0.521. The van der Waals surface area contributed by atoms with Gasteiger partial charge in [0.05, 0.1) is 0 Å². The summed E-state index contributed by atoms with van der Waals surface area (Å²) < 4.78 is 3.12. The Balaban J connectivity index is 2.38. The second-order valence-corrected chi connectivity index (χ2v) is 8.17. The number of hydrogen-bond acceptors (Lipinski definition) is 0. The van der Waals surface area contributed by atoms with Crippen molar-refractivity contribution >= 4 is 24.1 Å². The van der Waals surface area contributed by atoms with Crippen molar-refractivity contribution < 1.29 is 0 Å². The molecule has 0 spiro atoms. The fourth-order valence-electron chi connectivity index (χ4n) is 1.93. The standard InChI is InChI=1S/C14H18Se/c1-10-7-12-6-5-11(8-13(12)15-10)9-14(2,3)4/h5-8H,9H2,1-4H3. The third-order valence-electron chi connectivity index (χ3n) is 2.44. The predicted molar refractivity (Wildman–Crippen MR) is 68.8 cm³/mol. The summed E-state index contributed by atoms with van der Waals surface area (Å²) in [7, 11) is 0. The molecule has 0 saturated carbocycles. The zero-order valence-electron chi connectivity index (χ0n) is 9.92. The van der Waals surface area contributed by atoms with Gasteiger partial charge in [0.1, 0.15) is 0 Å². The van der Waals surface area contributed by atoms with E-state index in [9.17, 15) is 0 Å². The van der Waals surface area contributed by atoms with Gasteiger partial charge < -0.3 is 0 Å². The van der Waals surface area contributed by atoms with E-state index in [1.165, 1.54) is 17.4 Å². The number of aryl methyl sites for hydroxylation is 1. The second kappa shape index (κ2) is 3.81. The summed E-state index contributed by atoms with van der Waals surface area (Å²) in [5.74, 6) is 0. The van der Waals surface area contributed by atoms with Gasteiger partial charge in [-0.3, -0.25) is 0 Å². The van der Waals surface area contributed by atoms with Crippen LogP contribution in [0.4, 0.5) is 0 Å². The first kappa shape index (κ1) is 11.0. The summed E-state index contributed by atoms with van der Waals surface area (Å²) in [5.41, 5.74) is 1.88. The molecule has 1 heterocycles. The molecule has 0 unspecified atom stereocenters. The first-order valence-corrected chi connectivity index (χ1v) is 7.14. The molecule has 0 N–H and O–H groups in total. The third kappa shape index (κ3) is 2.74. The van der Waals surface area contributed by atoms with Gasteiger partial charge in [-0.2, -0.15) is 0 Å². The molecule has 0 aliphatic rings. The van der Waals surface area contributed by atoms with Crippen LogP contribution < -0.4 is 0 Å². The van der Waals surface area contributed by atoms with E-state index in [1.54, 1.807) is 8.70 Å². The van der Waals surface area contributed by atoms with Crippen LogP contribution in [0.15, 0.2) is 24.3 Å². The first-order chi connectivity index (χ1) is 6.94. The van der Waals surface area contributed by atoms with E-state index in [1.807, 2.05) is 0 Å². The monoisotopic (exact) mass is 266 g/mol. The molecule has 0 aliphatic heterocycles. The zero-order chi connectivity index (χ0) is 11.1. The molecule has 0 fully saturated rings. The molecule has 0 atom stereocenters. The molecule has 0 bridgehead atoms. The van der Waals surface area contributed by atoms with Crippen LogP contribution >= 0.6 is 0 Å². The Morgan fingerprint density at radius 2 is 1.87 bits per heavy atom. The van der Waals surface area contributed by atoms with E-state index in [2.05, 4.69) is 52.0 Å². The topological polar surface area (TPSA) is 0 Å². The molecule has 0 nitrogen and oxygen atoms in total. The quantitative estimate of drug-likeness (QED) is 0.688. The molecule has 2 rings (SSSR count). The van der Waals surface area contributed by atoms with Gasteiger partial charge in [-0.05, 0) is 0 Å². The summed E-state index contributed by atoms with van der Waals surface area (Å²) in [6.45, 7) is 9.14. The minimum absolute atomic E-state index is 0.391. The minimum atomic E-state index is 0.391. The molecule has 0 saturated heterocycles. The Bertz CT molecular complexity index is 472. The van der Waals surface area contributed by atoms with Crippen LogP contribution in [0.25, 0.3) is 9.65 Å². The third-order valence-corrected chi connectivity index (χ3v) is 4.57. The summed E-state index contributed by atoms with van der Waals surface area (Å²) in [6, 6.07) is 9.31. The number of fused-ring (bicyclic) bond motifs is 1. The molecule has 1 aromatic heterocycles. The fraction of sp³-hybridized carbons (Fsp3) is 0.429. The molecule has 0 radical (unpaired) electrons. The summed E-state index contributed by atoms with van der Waals surface area (Å²) >= 11 is 0.587. The van der Waals surface area contributed by atoms with Crippen molar-refractivity contribution in [1.29, 1.82) is 0 Å². The normalized spacial score (nSPS) is 12.3. The van der Waals surface area contributed by atoms with Crippen LogP contribution in [0, 0.1) is 12.3 Å². The Morgan fingerprint density at radius 3 is 2.53 bits per heavy atom. The van der Waals surface area contributed by atoms with Gasteiger partial charge in [-0.1, -0.05) is 0 Å². The molecule has 0 aliphatic carbocycles. The summed E-state index contributed by atoms with van der Waals surface area (Å²) in [6.07, 6.45) is 1.18. The molecular weight excluding hydrogens is 247 g/mol. The first-order valence-electron chi connectivity index (χ1n) is 5.43. The van der Waals surface area contributed by atoms with Gasteiger partial charge in [0.15, 0.2) is 0 Å². The van der Waals surface area contributed by atoms with Crippen LogP contribution in [0.5, 0.6) is 0 Å². The Labute approximate surface area is 98.1 Å². The number of hydrogen-bond donors (Lipinski definition) is 0. The Kier molecular flexibility index (Phi) is 2.79. The van der Waals surface area contributed by atoms with E-state index in [0.29, 0.717) is 19.9 Å². The van der Waals surface area contributed by atoms with E-state index in [4.69, 9.17) is 0 Å². The van der Waals surface area contributed by atoms with Crippen molar-refractivity contribution in [1.82, 2.24) is 0 Å². The average molecular weight is 265 g/mol. The van der Waals surface area contributed by atoms with E-state index in [-0.39, 0.29) is 0 Å².